The number of piperidine rings is 1. The number of likely N-dealkylation sites (tertiary alicyclic amines) is 1. The summed E-state index contributed by atoms with van der Waals surface area (Å²) in [6.07, 6.45) is 2.69. The van der Waals surface area contributed by atoms with E-state index in [1.807, 2.05) is 4.90 Å². The van der Waals surface area contributed by atoms with Crippen LogP contribution < -0.4 is 16.0 Å². The lowest BCUT2D eigenvalue weighted by Gasteiger charge is -2.48. The van der Waals surface area contributed by atoms with Gasteiger partial charge < -0.3 is 26.2 Å². The number of nitrogen functional groups attached to an aromatic ring is 1. The molecule has 0 saturated carbocycles. The first-order chi connectivity index (χ1) is 18.8. The Morgan fingerprint density at radius 2 is 1.92 bits per heavy atom. The molecule has 1 aromatic carbocycles. The number of nitrogens with two attached hydrogens (primary N) is 1. The van der Waals surface area contributed by atoms with Crippen molar-refractivity contribution in [1.29, 1.82) is 0 Å². The Bertz CT molecular complexity index is 1150. The van der Waals surface area contributed by atoms with Gasteiger partial charge in [0.2, 0.25) is 0 Å². The van der Waals surface area contributed by atoms with Crippen molar-refractivity contribution >= 4 is 29.1 Å². The van der Waals surface area contributed by atoms with Gasteiger partial charge in [-0.2, -0.15) is 0 Å². The van der Waals surface area contributed by atoms with E-state index in [9.17, 15) is 18.7 Å². The molecule has 0 spiro atoms. The minimum atomic E-state index is -0.907. The fourth-order valence-corrected chi connectivity index (χ4v) is 5.87. The van der Waals surface area contributed by atoms with Gasteiger partial charge in [0.05, 0.1) is 19.3 Å². The van der Waals surface area contributed by atoms with E-state index in [0.717, 1.165) is 45.0 Å². The molecule has 2 aliphatic heterocycles. The molecule has 2 aromatic rings. The fourth-order valence-electron chi connectivity index (χ4n) is 5.63. The summed E-state index contributed by atoms with van der Waals surface area (Å²) in [5, 5.41) is 21.5. The van der Waals surface area contributed by atoms with E-state index in [1.54, 1.807) is 0 Å². The number of carbonyl (C=O) groups is 1. The van der Waals surface area contributed by atoms with Crippen molar-refractivity contribution in [2.75, 3.05) is 63.1 Å². The Balaban J connectivity index is 1.39. The highest BCUT2D eigenvalue weighted by atomic mass is 35.5. The van der Waals surface area contributed by atoms with E-state index in [1.165, 1.54) is 12.1 Å². The average Bonchev–Trinajstić information content (AvgIpc) is 2.95. The van der Waals surface area contributed by atoms with Crippen molar-refractivity contribution < 1.29 is 23.8 Å². The molecule has 2 aliphatic rings. The van der Waals surface area contributed by atoms with Crippen molar-refractivity contribution in [2.24, 2.45) is 0 Å². The fraction of sp³-hybridized carbons (Fsp3) is 0.577. The normalized spacial score (nSPS) is 20.3. The van der Waals surface area contributed by atoms with Crippen LogP contribution in [0.1, 0.15) is 48.3 Å². The highest BCUT2D eigenvalue weighted by Crippen LogP contribution is 2.31. The molecule has 0 unspecified atom stereocenters. The van der Waals surface area contributed by atoms with Gasteiger partial charge in [-0.3, -0.25) is 14.6 Å². The second-order valence-electron chi connectivity index (χ2n) is 9.94. The molecule has 2 atom stereocenters. The molecule has 39 heavy (non-hydrogen) atoms. The van der Waals surface area contributed by atoms with Crippen LogP contribution in [0.3, 0.4) is 0 Å². The highest BCUT2D eigenvalue weighted by Gasteiger charge is 2.36. The van der Waals surface area contributed by atoms with Crippen LogP contribution >= 0.6 is 11.6 Å². The zero-order chi connectivity index (χ0) is 28.1. The standard InChI is InChI=1S/C26H36ClF2N7O3/c1-2-17-14-35(25-23(27)32-22(24(30)33-25)26(39)31-7-12-37)10-11-36(17)18-5-8-34(9-6-18)21(15-38)16-3-4-19(28)20(29)13-16/h3-4,13,17-18,21,37-38H,2,5-12,14-15H2,1H3,(H2,30,33)(H,31,39)/t17-,21+/m0/s1. The first kappa shape index (κ1) is 29.3. The van der Waals surface area contributed by atoms with E-state index >= 15 is 0 Å². The smallest absolute Gasteiger partial charge is 0.273 e. The number of carbonyl (C=O) groups excluding carboxylic acids is 1. The van der Waals surface area contributed by atoms with Gasteiger partial charge in [0.15, 0.2) is 34.1 Å². The van der Waals surface area contributed by atoms with Gasteiger partial charge in [-0.1, -0.05) is 24.6 Å². The van der Waals surface area contributed by atoms with Gasteiger partial charge in [0.1, 0.15) is 0 Å². The van der Waals surface area contributed by atoms with E-state index in [4.69, 9.17) is 22.4 Å². The maximum absolute atomic E-state index is 13.8. The summed E-state index contributed by atoms with van der Waals surface area (Å²) in [7, 11) is 0. The molecule has 10 nitrogen and oxygen atoms in total. The molecule has 0 radical (unpaired) electrons. The molecule has 2 fully saturated rings. The number of hydrogen-bond donors (Lipinski definition) is 4. The molecule has 5 N–H and O–H groups in total. The minimum Gasteiger partial charge on any atom is -0.395 e. The zero-order valence-electron chi connectivity index (χ0n) is 22.0. The summed E-state index contributed by atoms with van der Waals surface area (Å²) in [6.45, 7) is 5.43. The van der Waals surface area contributed by atoms with Gasteiger partial charge in [0, 0.05) is 51.4 Å². The third-order valence-electron chi connectivity index (χ3n) is 7.69. The number of rotatable bonds is 9. The largest absolute Gasteiger partial charge is 0.395 e. The van der Waals surface area contributed by atoms with Gasteiger partial charge in [0.25, 0.3) is 5.91 Å². The minimum absolute atomic E-state index is 0.0211. The first-order valence-corrected chi connectivity index (χ1v) is 13.7. The number of halogens is 3. The van der Waals surface area contributed by atoms with Crippen molar-refractivity contribution in [3.63, 3.8) is 0 Å². The Morgan fingerprint density at radius 1 is 1.18 bits per heavy atom. The molecule has 4 rings (SSSR count). The SMILES string of the molecule is CC[C@H]1CN(c2nc(N)c(C(=O)NCCO)nc2Cl)CCN1C1CCN([C@H](CO)c2ccc(F)c(F)c2)CC1. The second kappa shape index (κ2) is 13.1. The highest BCUT2D eigenvalue weighted by molar-refractivity contribution is 6.32. The number of aliphatic hydroxyl groups excluding tert-OH is 2. The van der Waals surface area contributed by atoms with Crippen LogP contribution in [-0.2, 0) is 0 Å². The van der Waals surface area contributed by atoms with Crippen LogP contribution in [-0.4, -0.2) is 100 Å². The number of nitrogens with zero attached hydrogens (tertiary/aromatic N) is 5. The van der Waals surface area contributed by atoms with Crippen molar-refractivity contribution in [3.8, 4) is 0 Å². The Kier molecular flexibility index (Phi) is 9.89. The number of nitrogens with one attached hydrogen (secondary N) is 1. The Labute approximate surface area is 231 Å². The number of piperazine rings is 1. The summed E-state index contributed by atoms with van der Waals surface area (Å²) in [6, 6.07) is 4.02. The maximum atomic E-state index is 13.8. The van der Waals surface area contributed by atoms with E-state index in [-0.39, 0.29) is 48.5 Å². The number of anilines is 2. The van der Waals surface area contributed by atoms with Gasteiger partial charge >= 0.3 is 0 Å². The number of hydrogen-bond acceptors (Lipinski definition) is 9. The molecule has 0 bridgehead atoms. The lowest BCUT2D eigenvalue weighted by Crippen LogP contribution is -2.58. The zero-order valence-corrected chi connectivity index (χ0v) is 22.7. The lowest BCUT2D eigenvalue weighted by atomic mass is 9.95. The first-order valence-electron chi connectivity index (χ1n) is 13.3. The molecular formula is C26H36ClF2N7O3. The summed E-state index contributed by atoms with van der Waals surface area (Å²) in [4.78, 5) is 27.5. The predicted molar refractivity (Wildman–Crippen MR) is 145 cm³/mol. The summed E-state index contributed by atoms with van der Waals surface area (Å²) in [5.74, 6) is -1.92. The molecule has 3 heterocycles. The number of aromatic nitrogens is 2. The van der Waals surface area contributed by atoms with Crippen LogP contribution in [0.5, 0.6) is 0 Å². The summed E-state index contributed by atoms with van der Waals surface area (Å²) in [5.41, 5.74) is 6.54. The predicted octanol–water partition coefficient (Wildman–Crippen LogP) is 1.81. The summed E-state index contributed by atoms with van der Waals surface area (Å²) >= 11 is 6.43. The third-order valence-corrected chi connectivity index (χ3v) is 7.94. The molecule has 1 aromatic heterocycles. The molecule has 0 aliphatic carbocycles. The third kappa shape index (κ3) is 6.58. The summed E-state index contributed by atoms with van der Waals surface area (Å²) < 4.78 is 27.2. The molecule has 214 valence electrons. The maximum Gasteiger partial charge on any atom is 0.273 e. The van der Waals surface area contributed by atoms with Crippen LogP contribution in [0.2, 0.25) is 5.15 Å². The van der Waals surface area contributed by atoms with Crippen LogP contribution in [0, 0.1) is 11.6 Å². The number of aliphatic hydroxyl groups is 2. The quantitative estimate of drug-likeness (QED) is 0.358. The van der Waals surface area contributed by atoms with E-state index in [2.05, 4.69) is 32.0 Å². The van der Waals surface area contributed by atoms with Gasteiger partial charge in [-0.25, -0.2) is 18.7 Å². The van der Waals surface area contributed by atoms with E-state index < -0.39 is 17.5 Å². The monoisotopic (exact) mass is 567 g/mol. The molecular weight excluding hydrogens is 532 g/mol. The molecule has 13 heteroatoms. The van der Waals surface area contributed by atoms with Crippen molar-refractivity contribution in [3.05, 3.63) is 46.2 Å². The lowest BCUT2D eigenvalue weighted by molar-refractivity contribution is 0.0355. The van der Waals surface area contributed by atoms with Crippen LogP contribution in [0.15, 0.2) is 18.2 Å². The average molecular weight is 568 g/mol. The topological polar surface area (TPSA) is 131 Å². The molecule has 1 amide bonds. The van der Waals surface area contributed by atoms with Crippen molar-refractivity contribution in [1.82, 2.24) is 25.1 Å². The Hall–Kier alpha value is -2.64. The van der Waals surface area contributed by atoms with Crippen molar-refractivity contribution in [2.45, 2.75) is 44.3 Å². The van der Waals surface area contributed by atoms with Crippen LogP contribution in [0.4, 0.5) is 20.4 Å². The number of benzene rings is 1. The van der Waals surface area contributed by atoms with Gasteiger partial charge in [-0.05, 0) is 37.0 Å². The second-order valence-corrected chi connectivity index (χ2v) is 10.3. The Morgan fingerprint density at radius 3 is 2.56 bits per heavy atom. The van der Waals surface area contributed by atoms with Crippen LogP contribution in [0.25, 0.3) is 0 Å². The number of amides is 1. The van der Waals surface area contributed by atoms with E-state index in [0.29, 0.717) is 30.5 Å². The molecule has 2 saturated heterocycles. The van der Waals surface area contributed by atoms with Gasteiger partial charge in [-0.15, -0.1) is 0 Å².